The van der Waals surface area contributed by atoms with Crippen molar-refractivity contribution in [3.05, 3.63) is 71.8 Å². The fraction of sp³-hybridized carbons (Fsp3) is 0.375. The molecule has 0 aromatic heterocycles. The van der Waals surface area contributed by atoms with Crippen LogP contribution in [0.2, 0.25) is 0 Å². The minimum atomic E-state index is -2.58. The monoisotopic (exact) mass is 445 g/mol. The lowest BCUT2D eigenvalue weighted by Crippen LogP contribution is -2.36. The van der Waals surface area contributed by atoms with Crippen LogP contribution in [0.25, 0.3) is 0 Å². The summed E-state index contributed by atoms with van der Waals surface area (Å²) in [4.78, 5) is 22.3. The van der Waals surface area contributed by atoms with Crippen LogP contribution in [0.3, 0.4) is 0 Å². The Bertz CT molecular complexity index is 937. The van der Waals surface area contributed by atoms with Crippen molar-refractivity contribution in [1.29, 1.82) is 0 Å². The second-order valence-corrected chi connectivity index (χ2v) is 10.0. The molecule has 6 nitrogen and oxygen atoms in total. The van der Waals surface area contributed by atoms with Gasteiger partial charge in [-0.3, -0.25) is 13.8 Å². The number of carbonyl (C=O) groups is 2. The zero-order valence-corrected chi connectivity index (χ0v) is 18.4. The topological polar surface area (TPSA) is 104 Å². The van der Waals surface area contributed by atoms with Crippen molar-refractivity contribution < 1.29 is 24.0 Å². The van der Waals surface area contributed by atoms with E-state index in [1.807, 2.05) is 60.7 Å². The van der Waals surface area contributed by atoms with Gasteiger partial charge in [-0.2, -0.15) is 0 Å². The number of aryl methyl sites for hydroxylation is 2. The molecule has 0 heterocycles. The van der Waals surface area contributed by atoms with Gasteiger partial charge < -0.3 is 10.2 Å². The van der Waals surface area contributed by atoms with Gasteiger partial charge in [-0.05, 0) is 48.6 Å². The first-order chi connectivity index (χ1) is 14.9. The maximum Gasteiger partial charge on any atom is 0.307 e. The van der Waals surface area contributed by atoms with Crippen molar-refractivity contribution in [2.24, 2.45) is 5.92 Å². The molecule has 0 amide bonds. The minimum absolute atomic E-state index is 0.00121. The lowest BCUT2D eigenvalue weighted by molar-refractivity contribution is -0.142. The summed E-state index contributed by atoms with van der Waals surface area (Å²) >= 11 is 0. The Hall–Kier alpha value is -2.64. The molecule has 0 aliphatic heterocycles. The van der Waals surface area contributed by atoms with Gasteiger partial charge in [0.25, 0.3) is 0 Å². The molecule has 0 aliphatic carbocycles. The Morgan fingerprint density at radius 2 is 1.52 bits per heavy atom. The molecule has 2 atom stereocenters. The summed E-state index contributed by atoms with van der Waals surface area (Å²) in [7, 11) is -2.58. The third kappa shape index (κ3) is 9.81. The molecule has 31 heavy (non-hydrogen) atoms. The molecular weight excluding hydrogens is 414 g/mol. The Morgan fingerprint density at radius 1 is 0.935 bits per heavy atom. The number of hydrogen-bond acceptors (Lipinski definition) is 3. The Kier molecular flexibility index (Phi) is 10.3. The zero-order valence-electron chi connectivity index (χ0n) is 17.6. The highest BCUT2D eigenvalue weighted by Gasteiger charge is 2.20. The highest BCUT2D eigenvalue weighted by Crippen LogP contribution is 2.09. The summed E-state index contributed by atoms with van der Waals surface area (Å²) in [5.74, 6) is -2.61. The fourth-order valence-electron chi connectivity index (χ4n) is 3.26. The summed E-state index contributed by atoms with van der Waals surface area (Å²) in [5, 5.41) is 20.0. The van der Waals surface area contributed by atoms with Gasteiger partial charge in [-0.1, -0.05) is 60.7 Å². The second-order valence-electron chi connectivity index (χ2n) is 7.53. The molecule has 7 heteroatoms. The number of carboxylic acids is 2. The van der Waals surface area contributed by atoms with E-state index in [9.17, 15) is 18.9 Å². The zero-order chi connectivity index (χ0) is 22.5. The van der Waals surface area contributed by atoms with Crippen LogP contribution < -0.4 is 4.72 Å². The van der Waals surface area contributed by atoms with Crippen molar-refractivity contribution in [1.82, 2.24) is 4.72 Å². The summed E-state index contributed by atoms with van der Waals surface area (Å²) in [6, 6.07) is 19.9. The average Bonchev–Trinajstić information content (AvgIpc) is 2.75. The number of aliphatic carboxylic acids is 2. The quantitative estimate of drug-likeness (QED) is 0.387. The molecule has 168 valence electrons. The van der Waals surface area contributed by atoms with E-state index in [4.69, 9.17) is 5.11 Å². The van der Waals surface area contributed by atoms with E-state index in [2.05, 4.69) is 4.72 Å². The van der Waals surface area contributed by atoms with E-state index < -0.39 is 27.6 Å². The van der Waals surface area contributed by atoms with E-state index in [1.165, 1.54) is 5.56 Å². The molecule has 2 rings (SSSR count). The van der Waals surface area contributed by atoms with Gasteiger partial charge in [-0.25, -0.2) is 4.72 Å². The van der Waals surface area contributed by atoms with Gasteiger partial charge in [0.05, 0.1) is 5.92 Å². The number of nitrogens with one attached hydrogen (secondary N) is 1. The molecular formula is C24H31NO5S. The van der Waals surface area contributed by atoms with E-state index in [1.54, 1.807) is 5.37 Å². The highest BCUT2D eigenvalue weighted by molar-refractivity contribution is 7.99. The number of carboxylic acid groups (broad SMARTS) is 2. The third-order valence-corrected chi connectivity index (χ3v) is 7.37. The van der Waals surface area contributed by atoms with Crippen molar-refractivity contribution >= 4 is 27.0 Å². The van der Waals surface area contributed by atoms with Crippen molar-refractivity contribution in [2.45, 2.75) is 38.5 Å². The molecule has 0 spiro atoms. The molecule has 0 bridgehead atoms. The Morgan fingerprint density at radius 3 is 2.06 bits per heavy atom. The van der Waals surface area contributed by atoms with Crippen molar-refractivity contribution in [3.63, 3.8) is 0 Å². The van der Waals surface area contributed by atoms with E-state index in [0.717, 1.165) is 18.4 Å². The number of rotatable bonds is 14. The van der Waals surface area contributed by atoms with Crippen molar-refractivity contribution in [2.75, 3.05) is 12.3 Å². The van der Waals surface area contributed by atoms with Gasteiger partial charge in [0.2, 0.25) is 0 Å². The minimum Gasteiger partial charge on any atom is -0.481 e. The molecule has 3 N–H and O–H groups in total. The fourth-order valence-corrected chi connectivity index (χ4v) is 5.25. The van der Waals surface area contributed by atoms with Crippen LogP contribution in [-0.4, -0.2) is 44.0 Å². The predicted octanol–water partition coefficient (Wildman–Crippen LogP) is 3.41. The third-order valence-electron chi connectivity index (χ3n) is 5.05. The van der Waals surface area contributed by atoms with E-state index in [0.29, 0.717) is 18.6 Å². The summed E-state index contributed by atoms with van der Waals surface area (Å²) < 4.78 is 16.5. The first-order valence-electron chi connectivity index (χ1n) is 10.5. The van der Waals surface area contributed by atoms with Gasteiger partial charge in [0.1, 0.15) is 0 Å². The standard InChI is InChI=1S/C24H31NO5S/c26-23(27)16-15-22(24(28)29)19-25-31(30,17-7-13-20-9-3-1-4-10-20)18-8-14-21-11-5-2-6-12-21/h1-6,9-12,17,22H,7-8,13-16,18-19H2,(H,25,30)(H,26,27)(H,28,29). The molecule has 2 aromatic carbocycles. The molecule has 0 fully saturated rings. The largest absolute Gasteiger partial charge is 0.481 e. The maximum absolute atomic E-state index is 13.6. The Balaban J connectivity index is 2.03. The molecule has 0 radical (unpaired) electrons. The maximum atomic E-state index is 13.6. The first kappa shape index (κ1) is 24.6. The molecule has 2 unspecified atom stereocenters. The van der Waals surface area contributed by atoms with Crippen LogP contribution in [0.15, 0.2) is 60.7 Å². The van der Waals surface area contributed by atoms with E-state index >= 15 is 0 Å². The predicted molar refractivity (Wildman–Crippen MR) is 125 cm³/mol. The molecule has 0 saturated heterocycles. The SMILES string of the molecule is O=C(O)CCC(CNS(=O)(=CCCc1ccccc1)CCCc1ccccc1)C(=O)O. The second kappa shape index (κ2) is 12.9. The molecule has 0 aliphatic rings. The highest BCUT2D eigenvalue weighted by atomic mass is 32.2. The lowest BCUT2D eigenvalue weighted by atomic mass is 10.0. The average molecular weight is 446 g/mol. The first-order valence-corrected chi connectivity index (χ1v) is 12.3. The smallest absolute Gasteiger partial charge is 0.307 e. The lowest BCUT2D eigenvalue weighted by Gasteiger charge is -2.17. The van der Waals surface area contributed by atoms with Crippen LogP contribution in [0, 0.1) is 5.92 Å². The van der Waals surface area contributed by atoms with Crippen LogP contribution in [-0.2, 0) is 32.1 Å². The van der Waals surface area contributed by atoms with Gasteiger partial charge in [-0.15, -0.1) is 0 Å². The van der Waals surface area contributed by atoms with E-state index in [-0.39, 0.29) is 19.4 Å². The van der Waals surface area contributed by atoms with Crippen LogP contribution in [0.4, 0.5) is 0 Å². The number of hydrogen-bond donors (Lipinski definition) is 3. The van der Waals surface area contributed by atoms with Gasteiger partial charge in [0, 0.05) is 28.4 Å². The van der Waals surface area contributed by atoms with Gasteiger partial charge >= 0.3 is 11.9 Å². The van der Waals surface area contributed by atoms with Crippen molar-refractivity contribution in [3.8, 4) is 0 Å². The summed E-state index contributed by atoms with van der Waals surface area (Å²) in [6.07, 6.45) is 2.61. The van der Waals surface area contributed by atoms with Crippen LogP contribution >= 0.6 is 0 Å². The summed E-state index contributed by atoms with van der Waals surface area (Å²) in [5.41, 5.74) is 2.31. The van der Waals surface area contributed by atoms with Crippen LogP contribution in [0.1, 0.15) is 36.8 Å². The normalized spacial score (nSPS) is 13.8. The molecule has 0 saturated carbocycles. The molecule has 2 aromatic rings. The van der Waals surface area contributed by atoms with Gasteiger partial charge in [0.15, 0.2) is 0 Å². The number of benzene rings is 2. The van der Waals surface area contributed by atoms with Crippen LogP contribution in [0.5, 0.6) is 0 Å². The summed E-state index contributed by atoms with van der Waals surface area (Å²) in [6.45, 7) is -0.0192. The Labute approximate surface area is 184 Å².